The van der Waals surface area contributed by atoms with Crippen LogP contribution in [0.5, 0.6) is 0 Å². The molecule has 26 heavy (non-hydrogen) atoms. The Balaban J connectivity index is 1.64. The third kappa shape index (κ3) is 4.59. The second-order valence-electron chi connectivity index (χ2n) is 6.87. The van der Waals surface area contributed by atoms with Gasteiger partial charge in [-0.15, -0.1) is 0 Å². The number of rotatable bonds is 10. The molecule has 1 aromatic carbocycles. The van der Waals surface area contributed by atoms with Gasteiger partial charge in [0.1, 0.15) is 12.1 Å². The van der Waals surface area contributed by atoms with Gasteiger partial charge in [0.15, 0.2) is 5.65 Å². The van der Waals surface area contributed by atoms with E-state index in [1.165, 1.54) is 37.7 Å². The number of unbranched alkanes of at least 4 members (excludes halogenated alkanes) is 5. The van der Waals surface area contributed by atoms with Crippen molar-refractivity contribution in [1.29, 1.82) is 0 Å². The fourth-order valence-corrected chi connectivity index (χ4v) is 3.24. The van der Waals surface area contributed by atoms with Gasteiger partial charge < -0.3 is 5.32 Å². The molecule has 1 N–H and O–H groups in total. The number of anilines is 1. The van der Waals surface area contributed by atoms with E-state index < -0.39 is 0 Å². The zero-order valence-corrected chi connectivity index (χ0v) is 15.9. The zero-order valence-electron chi connectivity index (χ0n) is 15.9. The molecule has 0 spiro atoms. The molecule has 0 aliphatic carbocycles. The predicted octanol–water partition coefficient (Wildman–Crippen LogP) is 5.36. The van der Waals surface area contributed by atoms with Crippen molar-refractivity contribution in [1.82, 2.24) is 19.7 Å². The average Bonchev–Trinajstić information content (AvgIpc) is 3.09. The van der Waals surface area contributed by atoms with E-state index in [0.29, 0.717) is 0 Å². The van der Waals surface area contributed by atoms with Gasteiger partial charge in [-0.3, -0.25) is 0 Å². The first-order valence-electron chi connectivity index (χ1n) is 9.77. The highest BCUT2D eigenvalue weighted by atomic mass is 15.3. The van der Waals surface area contributed by atoms with Gasteiger partial charge in [0.25, 0.3) is 0 Å². The van der Waals surface area contributed by atoms with Gasteiger partial charge in [0.05, 0.1) is 11.6 Å². The van der Waals surface area contributed by atoms with Crippen LogP contribution in [-0.4, -0.2) is 19.7 Å². The van der Waals surface area contributed by atoms with Crippen molar-refractivity contribution < 1.29 is 0 Å². The minimum Gasteiger partial charge on any atom is -0.363 e. The first-order valence-corrected chi connectivity index (χ1v) is 9.77. The molecule has 0 aliphatic rings. The van der Waals surface area contributed by atoms with Crippen LogP contribution >= 0.6 is 0 Å². The molecule has 2 aromatic heterocycles. The van der Waals surface area contributed by atoms with Crippen LogP contribution in [0, 0.1) is 0 Å². The summed E-state index contributed by atoms with van der Waals surface area (Å²) >= 11 is 0. The molecule has 0 saturated carbocycles. The second kappa shape index (κ2) is 9.32. The molecule has 0 unspecified atom stereocenters. The van der Waals surface area contributed by atoms with Crippen molar-refractivity contribution in [3.8, 4) is 0 Å². The Morgan fingerprint density at radius 2 is 1.77 bits per heavy atom. The maximum absolute atomic E-state index is 4.54. The lowest BCUT2D eigenvalue weighted by Gasteiger charge is -2.15. The number of hydrogen-bond donors (Lipinski definition) is 1. The number of hydrogen-bond acceptors (Lipinski definition) is 4. The second-order valence-corrected chi connectivity index (χ2v) is 6.87. The predicted molar refractivity (Wildman–Crippen MR) is 107 cm³/mol. The molecular weight excluding hydrogens is 322 g/mol. The van der Waals surface area contributed by atoms with E-state index >= 15 is 0 Å². The molecule has 0 amide bonds. The SMILES string of the molecule is CCCCCCCCn1ncc2c(N[C@H](C)c3ccccc3)ncnc21. The molecule has 0 fully saturated rings. The Kier molecular flexibility index (Phi) is 6.58. The third-order valence-electron chi connectivity index (χ3n) is 4.81. The molecule has 0 radical (unpaired) electrons. The summed E-state index contributed by atoms with van der Waals surface area (Å²) in [6.45, 7) is 5.31. The molecule has 0 saturated heterocycles. The lowest BCUT2D eigenvalue weighted by atomic mass is 10.1. The Labute approximate surface area is 155 Å². The molecule has 3 rings (SSSR count). The van der Waals surface area contributed by atoms with E-state index in [1.807, 2.05) is 16.9 Å². The normalized spacial score (nSPS) is 12.4. The fraction of sp³-hybridized carbons (Fsp3) is 0.476. The Morgan fingerprint density at radius 1 is 1.00 bits per heavy atom. The zero-order chi connectivity index (χ0) is 18.2. The third-order valence-corrected chi connectivity index (χ3v) is 4.81. The van der Waals surface area contributed by atoms with Gasteiger partial charge >= 0.3 is 0 Å². The van der Waals surface area contributed by atoms with Gasteiger partial charge in [0, 0.05) is 12.6 Å². The Bertz CT molecular complexity index is 797. The van der Waals surface area contributed by atoms with Crippen molar-refractivity contribution in [3.63, 3.8) is 0 Å². The van der Waals surface area contributed by atoms with E-state index in [0.717, 1.165) is 29.8 Å². The molecule has 0 bridgehead atoms. The van der Waals surface area contributed by atoms with E-state index in [1.54, 1.807) is 6.33 Å². The quantitative estimate of drug-likeness (QED) is 0.500. The number of fused-ring (bicyclic) bond motifs is 1. The highest BCUT2D eigenvalue weighted by Gasteiger charge is 2.12. The Hall–Kier alpha value is -2.43. The molecule has 5 nitrogen and oxygen atoms in total. The minimum atomic E-state index is 0.177. The van der Waals surface area contributed by atoms with Gasteiger partial charge in [-0.2, -0.15) is 5.10 Å². The molecule has 0 aliphatic heterocycles. The molecule has 1 atom stereocenters. The van der Waals surface area contributed by atoms with E-state index in [9.17, 15) is 0 Å². The summed E-state index contributed by atoms with van der Waals surface area (Å²) in [4.78, 5) is 8.90. The average molecular weight is 351 g/mol. The maximum atomic E-state index is 4.54. The summed E-state index contributed by atoms with van der Waals surface area (Å²) in [6.07, 6.45) is 11.2. The van der Waals surface area contributed by atoms with Crippen LogP contribution in [0.2, 0.25) is 0 Å². The van der Waals surface area contributed by atoms with Crippen LogP contribution in [0.15, 0.2) is 42.9 Å². The summed E-state index contributed by atoms with van der Waals surface area (Å²) in [6, 6.07) is 10.6. The Morgan fingerprint density at radius 3 is 2.58 bits per heavy atom. The van der Waals surface area contributed by atoms with E-state index in [-0.39, 0.29) is 6.04 Å². The van der Waals surface area contributed by atoms with Crippen molar-refractivity contribution in [2.75, 3.05) is 5.32 Å². The van der Waals surface area contributed by atoms with Crippen LogP contribution in [0.3, 0.4) is 0 Å². The maximum Gasteiger partial charge on any atom is 0.163 e. The van der Waals surface area contributed by atoms with Crippen LogP contribution in [0.25, 0.3) is 11.0 Å². The molecule has 138 valence electrons. The number of aryl methyl sites for hydroxylation is 1. The molecule has 2 heterocycles. The lowest BCUT2D eigenvalue weighted by Crippen LogP contribution is -2.08. The van der Waals surface area contributed by atoms with Crippen molar-refractivity contribution in [2.45, 2.75) is 65.0 Å². The summed E-state index contributed by atoms with van der Waals surface area (Å²) in [5, 5.41) is 9.03. The van der Waals surface area contributed by atoms with Crippen LogP contribution in [0.1, 0.15) is 64.0 Å². The van der Waals surface area contributed by atoms with E-state index in [2.05, 4.69) is 58.5 Å². The first kappa shape index (κ1) is 18.4. The van der Waals surface area contributed by atoms with Crippen LogP contribution in [0.4, 0.5) is 5.82 Å². The molecular formula is C21H29N5. The van der Waals surface area contributed by atoms with Crippen molar-refractivity contribution in [2.24, 2.45) is 0 Å². The van der Waals surface area contributed by atoms with Crippen molar-refractivity contribution in [3.05, 3.63) is 48.4 Å². The molecule has 5 heteroatoms. The van der Waals surface area contributed by atoms with E-state index in [4.69, 9.17) is 0 Å². The first-order chi connectivity index (χ1) is 12.8. The topological polar surface area (TPSA) is 55.6 Å². The smallest absolute Gasteiger partial charge is 0.163 e. The highest BCUT2D eigenvalue weighted by molar-refractivity contribution is 5.86. The number of benzene rings is 1. The van der Waals surface area contributed by atoms with Crippen LogP contribution in [-0.2, 0) is 6.54 Å². The minimum absolute atomic E-state index is 0.177. The van der Waals surface area contributed by atoms with Crippen molar-refractivity contribution >= 4 is 16.9 Å². The number of nitrogens with one attached hydrogen (secondary N) is 1. The van der Waals surface area contributed by atoms with Gasteiger partial charge in [0.2, 0.25) is 0 Å². The molecule has 3 aromatic rings. The highest BCUT2D eigenvalue weighted by Crippen LogP contribution is 2.24. The lowest BCUT2D eigenvalue weighted by molar-refractivity contribution is 0.535. The van der Waals surface area contributed by atoms with Crippen LogP contribution < -0.4 is 5.32 Å². The number of aromatic nitrogens is 4. The monoisotopic (exact) mass is 351 g/mol. The number of nitrogens with zero attached hydrogens (tertiary/aromatic N) is 4. The summed E-state index contributed by atoms with van der Waals surface area (Å²) in [7, 11) is 0. The summed E-state index contributed by atoms with van der Waals surface area (Å²) < 4.78 is 2.01. The summed E-state index contributed by atoms with van der Waals surface area (Å²) in [5.74, 6) is 0.848. The van der Waals surface area contributed by atoms with Gasteiger partial charge in [-0.05, 0) is 18.9 Å². The van der Waals surface area contributed by atoms with Gasteiger partial charge in [-0.25, -0.2) is 14.6 Å². The van der Waals surface area contributed by atoms with Gasteiger partial charge in [-0.1, -0.05) is 69.4 Å². The summed E-state index contributed by atoms with van der Waals surface area (Å²) in [5.41, 5.74) is 2.15. The largest absolute Gasteiger partial charge is 0.363 e. The standard InChI is InChI=1S/C21H29N5/c1-3-4-5-6-7-11-14-26-21-19(15-24-26)20(22-16-23-21)25-17(2)18-12-9-8-10-13-18/h8-10,12-13,15-17H,3-7,11,14H2,1-2H3,(H,22,23,25)/t17-/m1/s1. The fourth-order valence-electron chi connectivity index (χ4n) is 3.24.